The topological polar surface area (TPSA) is 92.3 Å². The number of nitrogens with one attached hydrogen (secondary N) is 1. The highest BCUT2D eigenvalue weighted by atomic mass is 35.5. The van der Waals surface area contributed by atoms with Gasteiger partial charge in [-0.05, 0) is 42.0 Å². The first-order valence-electron chi connectivity index (χ1n) is 11.5. The monoisotopic (exact) mass is 530 g/mol. The minimum absolute atomic E-state index is 0.0842. The molecule has 2 aromatic heterocycles. The van der Waals surface area contributed by atoms with Crippen molar-refractivity contribution < 1.29 is 14.4 Å². The van der Waals surface area contributed by atoms with E-state index < -0.39 is 29.7 Å². The van der Waals surface area contributed by atoms with E-state index in [0.717, 1.165) is 0 Å². The second-order valence-corrected chi connectivity index (χ2v) is 9.31. The third-order valence-corrected chi connectivity index (χ3v) is 6.69. The number of halogens is 2. The van der Waals surface area contributed by atoms with Gasteiger partial charge in [0.2, 0.25) is 5.91 Å². The fraction of sp³-hybridized carbons (Fsp3) is 0.107. The van der Waals surface area contributed by atoms with Crippen LogP contribution in [0.25, 0.3) is 0 Å². The number of carbonyl (C=O) groups excluding carboxylic acids is 3. The fourth-order valence-corrected chi connectivity index (χ4v) is 4.82. The second kappa shape index (κ2) is 10.5. The number of hydrogen-bond acceptors (Lipinski definition) is 5. The van der Waals surface area contributed by atoms with Gasteiger partial charge in [-0.1, -0.05) is 59.6 Å². The number of anilines is 1. The molecule has 1 unspecified atom stereocenters. The molecule has 0 fully saturated rings. The molecule has 2 amide bonds. The number of aromatic nitrogens is 2. The molecule has 37 heavy (non-hydrogen) atoms. The van der Waals surface area contributed by atoms with Crippen molar-refractivity contribution in [1.82, 2.24) is 14.9 Å². The highest BCUT2D eigenvalue weighted by Crippen LogP contribution is 2.36. The van der Waals surface area contributed by atoms with Crippen LogP contribution in [0.15, 0.2) is 91.4 Å². The number of benzene rings is 2. The van der Waals surface area contributed by atoms with E-state index in [2.05, 4.69) is 15.3 Å². The maximum atomic E-state index is 14.2. The standard InChI is InChI=1S/C28H20Cl2N4O3/c29-18-9-10-21-23(14-18)33-27(36)24(15-19-8-4-5-12-32-19)34(28(21)37)25(17-6-2-1-3-7-17)26(35)20-11-13-31-16-22(20)30/h1-14,16,24-25H,15H2,(H,33,36)/t24-,25?/m1/s1. The predicted molar refractivity (Wildman–Crippen MR) is 141 cm³/mol. The maximum Gasteiger partial charge on any atom is 0.257 e. The lowest BCUT2D eigenvalue weighted by Crippen LogP contribution is -2.50. The number of hydrogen-bond donors (Lipinski definition) is 1. The molecule has 0 saturated heterocycles. The first-order valence-corrected chi connectivity index (χ1v) is 12.2. The van der Waals surface area contributed by atoms with E-state index in [-0.39, 0.29) is 28.3 Å². The molecule has 0 bridgehead atoms. The molecule has 0 saturated carbocycles. The lowest BCUT2D eigenvalue weighted by atomic mass is 9.93. The van der Waals surface area contributed by atoms with Crippen LogP contribution in [0.1, 0.15) is 38.0 Å². The molecule has 184 valence electrons. The third kappa shape index (κ3) is 4.96. The Hall–Kier alpha value is -4.07. The molecule has 3 heterocycles. The molecule has 0 aliphatic carbocycles. The Bertz CT molecular complexity index is 1480. The number of carbonyl (C=O) groups is 3. The SMILES string of the molecule is O=C(c1ccncc1Cl)C(c1ccccc1)N1C(=O)c2ccc(Cl)cc2NC(=O)[C@H]1Cc1ccccn1. The molecule has 5 rings (SSSR count). The number of nitrogens with zero attached hydrogens (tertiary/aromatic N) is 3. The summed E-state index contributed by atoms with van der Waals surface area (Å²) in [6.07, 6.45) is 4.53. The molecule has 1 aliphatic rings. The van der Waals surface area contributed by atoms with Gasteiger partial charge >= 0.3 is 0 Å². The first-order chi connectivity index (χ1) is 17.9. The Morgan fingerprint density at radius 1 is 0.973 bits per heavy atom. The molecular formula is C28H20Cl2N4O3. The van der Waals surface area contributed by atoms with Crippen LogP contribution in [0, 0.1) is 0 Å². The number of Topliss-reactive ketones (excluding diaryl/α,β-unsaturated/α-hetero) is 1. The van der Waals surface area contributed by atoms with E-state index in [0.29, 0.717) is 16.3 Å². The quantitative estimate of drug-likeness (QED) is 0.336. The van der Waals surface area contributed by atoms with Crippen LogP contribution in [-0.4, -0.2) is 38.5 Å². The van der Waals surface area contributed by atoms with E-state index in [1.807, 2.05) is 6.07 Å². The summed E-state index contributed by atoms with van der Waals surface area (Å²) < 4.78 is 0. The fourth-order valence-electron chi connectivity index (χ4n) is 4.43. The molecule has 9 heteroatoms. The zero-order valence-corrected chi connectivity index (χ0v) is 20.9. The minimum atomic E-state index is -1.16. The van der Waals surface area contributed by atoms with Crippen LogP contribution in [0.3, 0.4) is 0 Å². The summed E-state index contributed by atoms with van der Waals surface area (Å²) in [6, 6.07) is 18.1. The Balaban J connectivity index is 1.72. The average molecular weight is 531 g/mol. The van der Waals surface area contributed by atoms with Crippen molar-refractivity contribution in [2.24, 2.45) is 0 Å². The van der Waals surface area contributed by atoms with Crippen molar-refractivity contribution in [2.45, 2.75) is 18.5 Å². The van der Waals surface area contributed by atoms with Crippen molar-refractivity contribution in [3.8, 4) is 0 Å². The Morgan fingerprint density at radius 3 is 2.49 bits per heavy atom. The van der Waals surface area contributed by atoms with Gasteiger partial charge in [-0.3, -0.25) is 24.4 Å². The van der Waals surface area contributed by atoms with E-state index in [9.17, 15) is 14.4 Å². The van der Waals surface area contributed by atoms with Crippen molar-refractivity contribution >= 4 is 46.5 Å². The van der Waals surface area contributed by atoms with Crippen LogP contribution in [0.5, 0.6) is 0 Å². The largest absolute Gasteiger partial charge is 0.323 e. The van der Waals surface area contributed by atoms with Gasteiger partial charge < -0.3 is 10.2 Å². The number of rotatable bonds is 6. The molecule has 7 nitrogen and oxygen atoms in total. The maximum absolute atomic E-state index is 14.2. The molecule has 4 aromatic rings. The third-order valence-electron chi connectivity index (χ3n) is 6.15. The van der Waals surface area contributed by atoms with Gasteiger partial charge in [0, 0.05) is 41.3 Å². The summed E-state index contributed by atoms with van der Waals surface area (Å²) in [5.41, 5.74) is 1.81. The minimum Gasteiger partial charge on any atom is -0.323 e. The Labute approximate surface area is 223 Å². The van der Waals surface area contributed by atoms with Gasteiger partial charge in [-0.25, -0.2) is 0 Å². The summed E-state index contributed by atoms with van der Waals surface area (Å²) in [6.45, 7) is 0. The van der Waals surface area contributed by atoms with Crippen molar-refractivity contribution in [3.05, 3.63) is 124 Å². The van der Waals surface area contributed by atoms with Gasteiger partial charge in [0.25, 0.3) is 5.91 Å². The number of fused-ring (bicyclic) bond motifs is 1. The van der Waals surface area contributed by atoms with E-state index >= 15 is 0 Å². The lowest BCUT2D eigenvalue weighted by Gasteiger charge is -2.35. The highest BCUT2D eigenvalue weighted by Gasteiger charge is 2.43. The molecule has 1 aliphatic heterocycles. The number of ketones is 1. The summed E-state index contributed by atoms with van der Waals surface area (Å²) in [5.74, 6) is -1.41. The van der Waals surface area contributed by atoms with Gasteiger partial charge in [-0.15, -0.1) is 0 Å². The van der Waals surface area contributed by atoms with E-state index in [1.54, 1.807) is 60.8 Å². The predicted octanol–water partition coefficient (Wildman–Crippen LogP) is 5.41. The Morgan fingerprint density at radius 2 is 1.76 bits per heavy atom. The molecule has 2 aromatic carbocycles. The van der Waals surface area contributed by atoms with Crippen LogP contribution < -0.4 is 5.32 Å². The smallest absolute Gasteiger partial charge is 0.257 e. The molecule has 2 atom stereocenters. The van der Waals surface area contributed by atoms with Gasteiger partial charge in [0.1, 0.15) is 12.1 Å². The molecule has 1 N–H and O–H groups in total. The van der Waals surface area contributed by atoms with E-state index in [4.69, 9.17) is 23.2 Å². The van der Waals surface area contributed by atoms with Crippen LogP contribution >= 0.6 is 23.2 Å². The Kier molecular flexibility index (Phi) is 6.99. The zero-order valence-electron chi connectivity index (χ0n) is 19.3. The van der Waals surface area contributed by atoms with Crippen molar-refractivity contribution in [3.63, 3.8) is 0 Å². The summed E-state index contributed by atoms with van der Waals surface area (Å²) in [7, 11) is 0. The average Bonchev–Trinajstić information content (AvgIpc) is 3.00. The van der Waals surface area contributed by atoms with Crippen molar-refractivity contribution in [2.75, 3.05) is 5.32 Å². The van der Waals surface area contributed by atoms with Crippen LogP contribution in [0.2, 0.25) is 10.0 Å². The second-order valence-electron chi connectivity index (χ2n) is 8.47. The molecule has 0 spiro atoms. The summed E-state index contributed by atoms with van der Waals surface area (Å²) in [4.78, 5) is 51.7. The van der Waals surface area contributed by atoms with Crippen LogP contribution in [-0.2, 0) is 11.2 Å². The normalized spacial score (nSPS) is 15.9. The van der Waals surface area contributed by atoms with Crippen LogP contribution in [0.4, 0.5) is 5.69 Å². The summed E-state index contributed by atoms with van der Waals surface area (Å²) in [5, 5.41) is 3.34. The van der Waals surface area contributed by atoms with Gasteiger partial charge in [0.15, 0.2) is 5.78 Å². The number of pyridine rings is 2. The first kappa shape index (κ1) is 24.6. The lowest BCUT2D eigenvalue weighted by molar-refractivity contribution is -0.120. The van der Waals surface area contributed by atoms with Crippen molar-refractivity contribution in [1.29, 1.82) is 0 Å². The molecule has 0 radical (unpaired) electrons. The van der Waals surface area contributed by atoms with Gasteiger partial charge in [-0.2, -0.15) is 0 Å². The zero-order chi connectivity index (χ0) is 25.9. The molecular weight excluding hydrogens is 511 g/mol. The number of amides is 2. The van der Waals surface area contributed by atoms with Gasteiger partial charge in [0.05, 0.1) is 16.3 Å². The summed E-state index contributed by atoms with van der Waals surface area (Å²) >= 11 is 12.5. The highest BCUT2D eigenvalue weighted by molar-refractivity contribution is 6.34. The van der Waals surface area contributed by atoms with E-state index in [1.165, 1.54) is 29.4 Å².